The fourth-order valence-corrected chi connectivity index (χ4v) is 1.39. The summed E-state index contributed by atoms with van der Waals surface area (Å²) in [6, 6.07) is 4.25. The van der Waals surface area contributed by atoms with Crippen LogP contribution >= 0.6 is 0 Å². The van der Waals surface area contributed by atoms with Crippen molar-refractivity contribution in [2.75, 3.05) is 20.3 Å². The predicted octanol–water partition coefficient (Wildman–Crippen LogP) is 2.26. The van der Waals surface area contributed by atoms with Gasteiger partial charge in [0.1, 0.15) is 11.6 Å². The number of halogens is 1. The largest absolute Gasteiger partial charge is 0.493 e. The lowest BCUT2D eigenvalue weighted by atomic mass is 10.1. The van der Waals surface area contributed by atoms with Crippen molar-refractivity contribution < 1.29 is 13.9 Å². The Morgan fingerprint density at radius 3 is 2.75 bits per heavy atom. The maximum atomic E-state index is 13.0. The Bertz CT molecular complexity index is 329. The van der Waals surface area contributed by atoms with Crippen LogP contribution in [0.2, 0.25) is 0 Å². The molecule has 2 N–H and O–H groups in total. The van der Waals surface area contributed by atoms with E-state index in [1.807, 2.05) is 6.92 Å². The summed E-state index contributed by atoms with van der Waals surface area (Å²) in [6.07, 6.45) is 0.769. The van der Waals surface area contributed by atoms with Crippen LogP contribution < -0.4 is 10.5 Å². The Kier molecular flexibility index (Phi) is 5.22. The SMILES string of the molecule is COCCCOc1cc(F)ccc1[C@@H](C)N. The third kappa shape index (κ3) is 3.79. The molecule has 0 aromatic heterocycles. The van der Waals surface area contributed by atoms with Gasteiger partial charge in [0.25, 0.3) is 0 Å². The Morgan fingerprint density at radius 1 is 1.38 bits per heavy atom. The zero-order valence-electron chi connectivity index (χ0n) is 9.70. The van der Waals surface area contributed by atoms with Gasteiger partial charge in [0.15, 0.2) is 0 Å². The summed E-state index contributed by atoms with van der Waals surface area (Å²) in [5, 5.41) is 0. The van der Waals surface area contributed by atoms with Gasteiger partial charge in [-0.25, -0.2) is 4.39 Å². The molecule has 1 aromatic carbocycles. The highest BCUT2D eigenvalue weighted by molar-refractivity contribution is 5.36. The predicted molar refractivity (Wildman–Crippen MR) is 61.0 cm³/mol. The van der Waals surface area contributed by atoms with Crippen molar-refractivity contribution in [1.29, 1.82) is 0 Å². The Balaban J connectivity index is 2.65. The summed E-state index contributed by atoms with van der Waals surface area (Å²) in [7, 11) is 1.63. The first-order valence-electron chi connectivity index (χ1n) is 5.32. The van der Waals surface area contributed by atoms with Gasteiger partial charge in [0.2, 0.25) is 0 Å². The second-order valence-electron chi connectivity index (χ2n) is 3.67. The molecule has 0 spiro atoms. The van der Waals surface area contributed by atoms with Crippen molar-refractivity contribution in [1.82, 2.24) is 0 Å². The zero-order chi connectivity index (χ0) is 12.0. The topological polar surface area (TPSA) is 44.5 Å². The molecule has 0 bridgehead atoms. The minimum atomic E-state index is -0.314. The van der Waals surface area contributed by atoms with Crippen molar-refractivity contribution >= 4 is 0 Å². The average Bonchev–Trinajstić information content (AvgIpc) is 2.24. The molecular formula is C12H18FNO2. The Morgan fingerprint density at radius 2 is 2.12 bits per heavy atom. The van der Waals surface area contributed by atoms with Crippen LogP contribution in [-0.2, 0) is 4.74 Å². The number of methoxy groups -OCH3 is 1. The molecule has 0 fully saturated rings. The minimum Gasteiger partial charge on any atom is -0.493 e. The van der Waals surface area contributed by atoms with Crippen molar-refractivity contribution in [2.45, 2.75) is 19.4 Å². The molecule has 0 saturated carbocycles. The number of rotatable bonds is 6. The van der Waals surface area contributed by atoms with Gasteiger partial charge in [-0.2, -0.15) is 0 Å². The summed E-state index contributed by atoms with van der Waals surface area (Å²) < 4.78 is 23.4. The molecule has 0 aliphatic heterocycles. The summed E-state index contributed by atoms with van der Waals surface area (Å²) in [5.74, 6) is 0.206. The number of hydrogen-bond acceptors (Lipinski definition) is 3. The lowest BCUT2D eigenvalue weighted by Gasteiger charge is -2.13. The standard InChI is InChI=1S/C12H18FNO2/c1-9(14)11-5-4-10(13)8-12(11)16-7-3-6-15-2/h4-5,8-9H,3,6-7,14H2,1-2H3/t9-/m1/s1. The highest BCUT2D eigenvalue weighted by atomic mass is 19.1. The number of hydrogen-bond donors (Lipinski definition) is 1. The minimum absolute atomic E-state index is 0.168. The van der Waals surface area contributed by atoms with Crippen LogP contribution in [0.4, 0.5) is 4.39 Å². The fraction of sp³-hybridized carbons (Fsp3) is 0.500. The molecule has 0 unspecified atom stereocenters. The van der Waals surface area contributed by atoms with Crippen molar-refractivity contribution in [3.05, 3.63) is 29.6 Å². The second-order valence-corrected chi connectivity index (χ2v) is 3.67. The molecule has 1 rings (SSSR count). The van der Waals surface area contributed by atoms with Crippen LogP contribution in [0.5, 0.6) is 5.75 Å². The molecule has 1 atom stereocenters. The van der Waals surface area contributed by atoms with Crippen LogP contribution in [0.25, 0.3) is 0 Å². The van der Waals surface area contributed by atoms with E-state index in [-0.39, 0.29) is 11.9 Å². The normalized spacial score (nSPS) is 12.5. The van der Waals surface area contributed by atoms with E-state index >= 15 is 0 Å². The van der Waals surface area contributed by atoms with Gasteiger partial charge in [-0.1, -0.05) is 6.07 Å². The van der Waals surface area contributed by atoms with Gasteiger partial charge in [-0.15, -0.1) is 0 Å². The second kappa shape index (κ2) is 6.45. The summed E-state index contributed by atoms with van der Waals surface area (Å²) in [5.41, 5.74) is 6.59. The lowest BCUT2D eigenvalue weighted by Crippen LogP contribution is -2.09. The van der Waals surface area contributed by atoms with Gasteiger partial charge in [0.05, 0.1) is 6.61 Å². The molecule has 0 radical (unpaired) electrons. The maximum Gasteiger partial charge on any atom is 0.126 e. The molecule has 0 heterocycles. The molecule has 0 aliphatic carbocycles. The zero-order valence-corrected chi connectivity index (χ0v) is 9.70. The third-order valence-electron chi connectivity index (χ3n) is 2.22. The molecule has 0 amide bonds. The summed E-state index contributed by atoms with van der Waals surface area (Å²) in [6.45, 7) is 2.97. The first kappa shape index (κ1) is 12.9. The molecular weight excluding hydrogens is 209 g/mol. The van der Waals surface area contributed by atoms with E-state index < -0.39 is 0 Å². The lowest BCUT2D eigenvalue weighted by molar-refractivity contribution is 0.171. The smallest absolute Gasteiger partial charge is 0.126 e. The van der Waals surface area contributed by atoms with E-state index in [9.17, 15) is 4.39 Å². The molecule has 3 nitrogen and oxygen atoms in total. The summed E-state index contributed by atoms with van der Waals surface area (Å²) in [4.78, 5) is 0. The maximum absolute atomic E-state index is 13.0. The average molecular weight is 227 g/mol. The van der Waals surface area contributed by atoms with Gasteiger partial charge in [-0.3, -0.25) is 0 Å². The van der Waals surface area contributed by atoms with Crippen LogP contribution in [0.3, 0.4) is 0 Å². The van der Waals surface area contributed by atoms with Gasteiger partial charge in [0, 0.05) is 37.8 Å². The van der Waals surface area contributed by atoms with Crippen LogP contribution in [0.1, 0.15) is 24.9 Å². The van der Waals surface area contributed by atoms with E-state index in [0.29, 0.717) is 19.0 Å². The molecule has 16 heavy (non-hydrogen) atoms. The van der Waals surface area contributed by atoms with E-state index in [0.717, 1.165) is 12.0 Å². The van der Waals surface area contributed by atoms with E-state index in [1.54, 1.807) is 13.2 Å². The van der Waals surface area contributed by atoms with Crippen LogP contribution in [0.15, 0.2) is 18.2 Å². The van der Waals surface area contributed by atoms with E-state index in [4.69, 9.17) is 15.2 Å². The van der Waals surface area contributed by atoms with E-state index in [2.05, 4.69) is 0 Å². The molecule has 0 saturated heterocycles. The summed E-state index contributed by atoms with van der Waals surface area (Å²) >= 11 is 0. The van der Waals surface area contributed by atoms with Gasteiger partial charge >= 0.3 is 0 Å². The molecule has 4 heteroatoms. The first-order chi connectivity index (χ1) is 7.65. The van der Waals surface area contributed by atoms with Crippen molar-refractivity contribution in [3.8, 4) is 5.75 Å². The Hall–Kier alpha value is -1.13. The Labute approximate surface area is 95.4 Å². The third-order valence-corrected chi connectivity index (χ3v) is 2.22. The number of ether oxygens (including phenoxy) is 2. The first-order valence-corrected chi connectivity index (χ1v) is 5.32. The highest BCUT2D eigenvalue weighted by Gasteiger charge is 2.09. The monoisotopic (exact) mass is 227 g/mol. The van der Waals surface area contributed by atoms with Crippen molar-refractivity contribution in [2.24, 2.45) is 5.73 Å². The van der Waals surface area contributed by atoms with Gasteiger partial charge < -0.3 is 15.2 Å². The number of benzene rings is 1. The molecule has 1 aromatic rings. The highest BCUT2D eigenvalue weighted by Crippen LogP contribution is 2.24. The fourth-order valence-electron chi connectivity index (χ4n) is 1.39. The molecule has 0 aliphatic rings. The quantitative estimate of drug-likeness (QED) is 0.758. The molecule has 90 valence electrons. The number of nitrogens with two attached hydrogens (primary N) is 1. The van der Waals surface area contributed by atoms with Gasteiger partial charge in [-0.05, 0) is 13.0 Å². The van der Waals surface area contributed by atoms with Crippen LogP contribution in [-0.4, -0.2) is 20.3 Å². The van der Waals surface area contributed by atoms with Crippen LogP contribution in [0, 0.1) is 5.82 Å². The van der Waals surface area contributed by atoms with E-state index in [1.165, 1.54) is 12.1 Å². The van der Waals surface area contributed by atoms with Crippen molar-refractivity contribution in [3.63, 3.8) is 0 Å².